The van der Waals surface area contributed by atoms with E-state index in [1.807, 2.05) is 0 Å². The van der Waals surface area contributed by atoms with Crippen LogP contribution in [0, 0.1) is 5.41 Å². The van der Waals surface area contributed by atoms with E-state index < -0.39 is 0 Å². The highest BCUT2D eigenvalue weighted by Crippen LogP contribution is 2.38. The van der Waals surface area contributed by atoms with E-state index in [1.54, 1.807) is 32.4 Å². The van der Waals surface area contributed by atoms with Gasteiger partial charge in [0, 0.05) is 29.5 Å². The fourth-order valence-corrected chi connectivity index (χ4v) is 3.15. The molecule has 1 fully saturated rings. The number of carbonyl (C=O) groups excluding carboxylic acids is 1. The number of benzene rings is 1. The van der Waals surface area contributed by atoms with Crippen LogP contribution in [0.15, 0.2) is 18.2 Å². The molecule has 116 valence electrons. The van der Waals surface area contributed by atoms with E-state index in [1.165, 1.54) is 12.8 Å². The standard InChI is InChI=1S/C16H22ClNO3/c1-20-13-7-12(8-14(9-13)21-2)15(19)18-11-16(10-17)5-3-4-6-16/h7-9H,3-6,10-11H2,1-2H3,(H,18,19). The van der Waals surface area contributed by atoms with Crippen molar-refractivity contribution in [3.63, 3.8) is 0 Å². The summed E-state index contributed by atoms with van der Waals surface area (Å²) in [6, 6.07) is 5.16. The van der Waals surface area contributed by atoms with E-state index >= 15 is 0 Å². The Kier molecular flexibility index (Phi) is 5.34. The first-order valence-electron chi connectivity index (χ1n) is 7.20. The molecule has 0 aromatic heterocycles. The third kappa shape index (κ3) is 3.82. The highest BCUT2D eigenvalue weighted by atomic mass is 35.5. The lowest BCUT2D eigenvalue weighted by Crippen LogP contribution is -2.37. The smallest absolute Gasteiger partial charge is 0.251 e. The van der Waals surface area contributed by atoms with Crippen molar-refractivity contribution in [2.45, 2.75) is 25.7 Å². The number of hydrogen-bond donors (Lipinski definition) is 1. The Hall–Kier alpha value is -1.42. The minimum Gasteiger partial charge on any atom is -0.497 e. The summed E-state index contributed by atoms with van der Waals surface area (Å²) < 4.78 is 10.4. The lowest BCUT2D eigenvalue weighted by molar-refractivity contribution is 0.0934. The number of methoxy groups -OCH3 is 2. The normalized spacial score (nSPS) is 16.5. The van der Waals surface area contributed by atoms with Crippen LogP contribution in [-0.2, 0) is 0 Å². The Labute approximate surface area is 130 Å². The van der Waals surface area contributed by atoms with E-state index in [4.69, 9.17) is 21.1 Å². The average molecular weight is 312 g/mol. The van der Waals surface area contributed by atoms with Crippen molar-refractivity contribution >= 4 is 17.5 Å². The van der Waals surface area contributed by atoms with Crippen LogP contribution in [-0.4, -0.2) is 32.6 Å². The molecule has 5 heteroatoms. The molecule has 4 nitrogen and oxygen atoms in total. The van der Waals surface area contributed by atoms with Crippen LogP contribution >= 0.6 is 11.6 Å². The fourth-order valence-electron chi connectivity index (χ4n) is 2.79. The van der Waals surface area contributed by atoms with Crippen molar-refractivity contribution in [1.82, 2.24) is 5.32 Å². The molecule has 0 atom stereocenters. The van der Waals surface area contributed by atoms with Crippen LogP contribution in [0.1, 0.15) is 36.0 Å². The molecular formula is C16H22ClNO3. The first kappa shape index (κ1) is 16.0. The van der Waals surface area contributed by atoms with Gasteiger partial charge in [0.1, 0.15) is 11.5 Å². The van der Waals surface area contributed by atoms with Crippen molar-refractivity contribution in [3.05, 3.63) is 23.8 Å². The summed E-state index contributed by atoms with van der Waals surface area (Å²) in [6.07, 6.45) is 4.54. The predicted molar refractivity (Wildman–Crippen MR) is 83.5 cm³/mol. The zero-order valence-electron chi connectivity index (χ0n) is 12.6. The summed E-state index contributed by atoms with van der Waals surface area (Å²) in [6.45, 7) is 0.620. The summed E-state index contributed by atoms with van der Waals surface area (Å²) >= 11 is 6.10. The highest BCUT2D eigenvalue weighted by molar-refractivity contribution is 6.18. The van der Waals surface area contributed by atoms with E-state index in [2.05, 4.69) is 5.32 Å². The van der Waals surface area contributed by atoms with Gasteiger partial charge in [-0.3, -0.25) is 4.79 Å². The van der Waals surface area contributed by atoms with Gasteiger partial charge < -0.3 is 14.8 Å². The quantitative estimate of drug-likeness (QED) is 0.821. The third-order valence-electron chi connectivity index (χ3n) is 4.19. The van der Waals surface area contributed by atoms with Crippen molar-refractivity contribution in [2.75, 3.05) is 26.6 Å². The van der Waals surface area contributed by atoms with Crippen LogP contribution in [0.3, 0.4) is 0 Å². The topological polar surface area (TPSA) is 47.6 Å². The molecule has 1 amide bonds. The number of carbonyl (C=O) groups is 1. The van der Waals surface area contributed by atoms with Gasteiger partial charge in [-0.2, -0.15) is 0 Å². The van der Waals surface area contributed by atoms with Gasteiger partial charge in [0.15, 0.2) is 0 Å². The number of halogens is 1. The van der Waals surface area contributed by atoms with Gasteiger partial charge in [-0.15, -0.1) is 11.6 Å². The molecule has 1 saturated carbocycles. The molecule has 1 aromatic carbocycles. The van der Waals surface area contributed by atoms with Crippen LogP contribution in [0.5, 0.6) is 11.5 Å². The Bertz CT molecular complexity index is 476. The largest absolute Gasteiger partial charge is 0.497 e. The van der Waals surface area contributed by atoms with Gasteiger partial charge in [0.25, 0.3) is 5.91 Å². The second-order valence-corrected chi connectivity index (χ2v) is 5.89. The van der Waals surface area contributed by atoms with Crippen molar-refractivity contribution in [1.29, 1.82) is 0 Å². The minimum absolute atomic E-state index is 0.0557. The van der Waals surface area contributed by atoms with Gasteiger partial charge in [0.2, 0.25) is 0 Å². The molecule has 0 saturated heterocycles. The molecule has 1 N–H and O–H groups in total. The molecule has 0 radical (unpaired) electrons. The van der Waals surface area contributed by atoms with Crippen LogP contribution in [0.4, 0.5) is 0 Å². The van der Waals surface area contributed by atoms with Gasteiger partial charge in [-0.25, -0.2) is 0 Å². The number of nitrogens with one attached hydrogen (secondary N) is 1. The molecule has 1 aromatic rings. The maximum atomic E-state index is 12.3. The first-order valence-corrected chi connectivity index (χ1v) is 7.73. The first-order chi connectivity index (χ1) is 10.1. The van der Waals surface area contributed by atoms with E-state index in [0.717, 1.165) is 12.8 Å². The number of rotatable bonds is 6. The Morgan fingerprint density at radius 3 is 2.24 bits per heavy atom. The molecule has 2 rings (SSSR count). The lowest BCUT2D eigenvalue weighted by Gasteiger charge is -2.26. The summed E-state index contributed by atoms with van der Waals surface area (Å²) in [5, 5.41) is 3.00. The molecule has 0 heterocycles. The van der Waals surface area contributed by atoms with Crippen LogP contribution in [0.2, 0.25) is 0 Å². The van der Waals surface area contributed by atoms with E-state index in [0.29, 0.717) is 29.5 Å². The van der Waals surface area contributed by atoms with Crippen LogP contribution < -0.4 is 14.8 Å². The summed E-state index contributed by atoms with van der Waals surface area (Å²) in [5.74, 6) is 1.68. The van der Waals surface area contributed by atoms with Gasteiger partial charge >= 0.3 is 0 Å². The van der Waals surface area contributed by atoms with Crippen molar-refractivity contribution < 1.29 is 14.3 Å². The summed E-state index contributed by atoms with van der Waals surface area (Å²) in [5.41, 5.74) is 0.592. The average Bonchev–Trinajstić information content (AvgIpc) is 3.01. The zero-order chi connectivity index (χ0) is 15.3. The Morgan fingerprint density at radius 1 is 1.19 bits per heavy atom. The van der Waals surface area contributed by atoms with Crippen molar-refractivity contribution in [2.24, 2.45) is 5.41 Å². The van der Waals surface area contributed by atoms with E-state index in [9.17, 15) is 4.79 Å². The fraction of sp³-hybridized carbons (Fsp3) is 0.562. The SMILES string of the molecule is COc1cc(OC)cc(C(=O)NCC2(CCl)CCCC2)c1. The zero-order valence-corrected chi connectivity index (χ0v) is 13.3. The molecule has 0 spiro atoms. The molecule has 1 aliphatic rings. The van der Waals surface area contributed by atoms with Crippen molar-refractivity contribution in [3.8, 4) is 11.5 Å². The monoisotopic (exact) mass is 311 g/mol. The Morgan fingerprint density at radius 2 is 1.76 bits per heavy atom. The number of hydrogen-bond acceptors (Lipinski definition) is 3. The number of amides is 1. The third-order valence-corrected chi connectivity index (χ3v) is 4.75. The molecule has 0 aliphatic heterocycles. The Balaban J connectivity index is 2.06. The number of ether oxygens (including phenoxy) is 2. The number of alkyl halides is 1. The molecule has 0 unspecified atom stereocenters. The maximum absolute atomic E-state index is 12.3. The highest BCUT2D eigenvalue weighted by Gasteiger charge is 2.33. The lowest BCUT2D eigenvalue weighted by atomic mass is 9.88. The molecular weight excluding hydrogens is 290 g/mol. The van der Waals surface area contributed by atoms with Gasteiger partial charge in [-0.1, -0.05) is 12.8 Å². The summed E-state index contributed by atoms with van der Waals surface area (Å²) in [4.78, 5) is 12.3. The minimum atomic E-state index is -0.122. The van der Waals surface area contributed by atoms with E-state index in [-0.39, 0.29) is 11.3 Å². The van der Waals surface area contributed by atoms with Gasteiger partial charge in [0.05, 0.1) is 14.2 Å². The van der Waals surface area contributed by atoms with Crippen LogP contribution in [0.25, 0.3) is 0 Å². The predicted octanol–water partition coefficient (Wildman–Crippen LogP) is 3.23. The second kappa shape index (κ2) is 7.03. The molecule has 1 aliphatic carbocycles. The summed E-state index contributed by atoms with van der Waals surface area (Å²) in [7, 11) is 3.13. The molecule has 0 bridgehead atoms. The second-order valence-electron chi connectivity index (χ2n) is 5.62. The molecule has 21 heavy (non-hydrogen) atoms. The maximum Gasteiger partial charge on any atom is 0.251 e. The van der Waals surface area contributed by atoms with Gasteiger partial charge in [-0.05, 0) is 25.0 Å².